The van der Waals surface area contributed by atoms with Crippen molar-refractivity contribution in [2.45, 2.75) is 26.3 Å². The van der Waals surface area contributed by atoms with E-state index in [-0.39, 0.29) is 18.4 Å². The number of nitrogens with zero attached hydrogens (tertiary/aromatic N) is 3. The zero-order valence-electron chi connectivity index (χ0n) is 16.5. The van der Waals surface area contributed by atoms with Crippen molar-refractivity contribution >= 4 is 29.1 Å². The minimum atomic E-state index is -0.254. The molecule has 0 bridgehead atoms. The summed E-state index contributed by atoms with van der Waals surface area (Å²) in [6, 6.07) is 9.00. The van der Waals surface area contributed by atoms with Crippen molar-refractivity contribution in [3.05, 3.63) is 65.5 Å². The van der Waals surface area contributed by atoms with Gasteiger partial charge in [0.1, 0.15) is 5.76 Å². The minimum absolute atomic E-state index is 0.0182. The van der Waals surface area contributed by atoms with Gasteiger partial charge in [0.2, 0.25) is 5.91 Å². The number of nitrogens with one attached hydrogen (secondary N) is 1. The van der Waals surface area contributed by atoms with E-state index in [2.05, 4.69) is 15.3 Å². The van der Waals surface area contributed by atoms with E-state index in [0.717, 1.165) is 18.4 Å². The van der Waals surface area contributed by atoms with Gasteiger partial charge < -0.3 is 14.6 Å². The lowest BCUT2D eigenvalue weighted by molar-refractivity contribution is -0.116. The molecule has 2 heterocycles. The van der Waals surface area contributed by atoms with Crippen molar-refractivity contribution < 1.29 is 14.0 Å². The molecule has 0 aliphatic heterocycles. The molecule has 1 aliphatic rings. The SMILES string of the molecule is CC(=O)N(CC1CC1)c1ccc(-c2ccc(C(=O)NCc3cnco3)cn2)cc1Cl. The first-order chi connectivity index (χ1) is 14.5. The van der Waals surface area contributed by atoms with Crippen LogP contribution >= 0.6 is 11.6 Å². The summed E-state index contributed by atoms with van der Waals surface area (Å²) in [5, 5.41) is 3.25. The molecule has 1 fully saturated rings. The predicted octanol–water partition coefficient (Wildman–Crippen LogP) is 4.08. The van der Waals surface area contributed by atoms with Crippen LogP contribution in [-0.2, 0) is 11.3 Å². The van der Waals surface area contributed by atoms with Crippen molar-refractivity contribution in [2.75, 3.05) is 11.4 Å². The second-order valence-corrected chi connectivity index (χ2v) is 7.73. The van der Waals surface area contributed by atoms with Crippen molar-refractivity contribution in [1.82, 2.24) is 15.3 Å². The smallest absolute Gasteiger partial charge is 0.253 e. The van der Waals surface area contributed by atoms with E-state index in [1.165, 1.54) is 12.6 Å². The van der Waals surface area contributed by atoms with Gasteiger partial charge in [0.05, 0.1) is 34.7 Å². The topological polar surface area (TPSA) is 88.3 Å². The fraction of sp³-hybridized carbons (Fsp3) is 0.273. The Labute approximate surface area is 179 Å². The van der Waals surface area contributed by atoms with Gasteiger partial charge in [-0.2, -0.15) is 0 Å². The summed E-state index contributed by atoms with van der Waals surface area (Å²) in [5.41, 5.74) is 2.65. The summed E-state index contributed by atoms with van der Waals surface area (Å²) in [6.45, 7) is 2.51. The quantitative estimate of drug-likeness (QED) is 0.617. The lowest BCUT2D eigenvalue weighted by atomic mass is 10.1. The lowest BCUT2D eigenvalue weighted by Crippen LogP contribution is -2.30. The third-order valence-electron chi connectivity index (χ3n) is 4.98. The van der Waals surface area contributed by atoms with Crippen LogP contribution in [0.2, 0.25) is 5.02 Å². The Bertz CT molecular complexity index is 1050. The molecular weight excluding hydrogens is 404 g/mol. The Morgan fingerprint density at radius 2 is 2.07 bits per heavy atom. The number of hydrogen-bond acceptors (Lipinski definition) is 5. The molecule has 0 atom stereocenters. The number of aromatic nitrogens is 2. The summed E-state index contributed by atoms with van der Waals surface area (Å²) in [6.07, 6.45) is 6.69. The number of carbonyl (C=O) groups excluding carboxylic acids is 2. The first kappa shape index (κ1) is 20.1. The Kier molecular flexibility index (Phi) is 5.81. The van der Waals surface area contributed by atoms with Gasteiger partial charge in [-0.05, 0) is 43.0 Å². The highest BCUT2D eigenvalue weighted by molar-refractivity contribution is 6.34. The molecule has 30 heavy (non-hydrogen) atoms. The van der Waals surface area contributed by atoms with Crippen LogP contribution < -0.4 is 10.2 Å². The summed E-state index contributed by atoms with van der Waals surface area (Å²) in [7, 11) is 0. The van der Waals surface area contributed by atoms with Crippen LogP contribution in [-0.4, -0.2) is 28.3 Å². The summed E-state index contributed by atoms with van der Waals surface area (Å²) < 4.78 is 5.10. The normalized spacial score (nSPS) is 13.1. The number of rotatable bonds is 7. The monoisotopic (exact) mass is 424 g/mol. The van der Waals surface area contributed by atoms with Gasteiger partial charge in [-0.15, -0.1) is 0 Å². The number of amides is 2. The predicted molar refractivity (Wildman–Crippen MR) is 113 cm³/mol. The van der Waals surface area contributed by atoms with Crippen LogP contribution in [0.3, 0.4) is 0 Å². The first-order valence-corrected chi connectivity index (χ1v) is 10.1. The minimum Gasteiger partial charge on any atom is -0.447 e. The molecule has 2 aromatic heterocycles. The van der Waals surface area contributed by atoms with Gasteiger partial charge in [-0.1, -0.05) is 17.7 Å². The highest BCUT2D eigenvalue weighted by atomic mass is 35.5. The Balaban J connectivity index is 1.46. The zero-order chi connectivity index (χ0) is 21.1. The molecule has 0 unspecified atom stereocenters. The largest absolute Gasteiger partial charge is 0.447 e. The third-order valence-corrected chi connectivity index (χ3v) is 5.29. The van der Waals surface area contributed by atoms with Gasteiger partial charge in [-0.3, -0.25) is 14.6 Å². The molecule has 4 rings (SSSR count). The summed E-state index contributed by atoms with van der Waals surface area (Å²) >= 11 is 6.49. The number of oxazole rings is 1. The zero-order valence-corrected chi connectivity index (χ0v) is 17.2. The number of benzene rings is 1. The van der Waals surface area contributed by atoms with Crippen LogP contribution in [0.25, 0.3) is 11.3 Å². The van der Waals surface area contributed by atoms with E-state index >= 15 is 0 Å². The fourth-order valence-electron chi connectivity index (χ4n) is 3.14. The maximum atomic E-state index is 12.2. The highest BCUT2D eigenvalue weighted by Gasteiger charge is 2.27. The van der Waals surface area contributed by atoms with Gasteiger partial charge >= 0.3 is 0 Å². The van der Waals surface area contributed by atoms with E-state index in [4.69, 9.17) is 16.0 Å². The van der Waals surface area contributed by atoms with Gasteiger partial charge in [-0.25, -0.2) is 4.98 Å². The molecule has 7 nitrogen and oxygen atoms in total. The Morgan fingerprint density at radius 1 is 1.23 bits per heavy atom. The molecule has 154 valence electrons. The maximum absolute atomic E-state index is 12.2. The second kappa shape index (κ2) is 8.67. The van der Waals surface area contributed by atoms with Gasteiger partial charge in [0.15, 0.2) is 6.39 Å². The molecule has 3 aromatic rings. The summed E-state index contributed by atoms with van der Waals surface area (Å²) in [5.74, 6) is 0.865. The summed E-state index contributed by atoms with van der Waals surface area (Å²) in [4.78, 5) is 34.2. The molecule has 1 N–H and O–H groups in total. The number of hydrogen-bond donors (Lipinski definition) is 1. The molecule has 8 heteroatoms. The number of halogens is 1. The first-order valence-electron chi connectivity index (χ1n) is 9.71. The Morgan fingerprint density at radius 3 is 2.67 bits per heavy atom. The molecule has 0 saturated heterocycles. The van der Waals surface area contributed by atoms with E-state index in [1.807, 2.05) is 12.1 Å². The van der Waals surface area contributed by atoms with E-state index < -0.39 is 0 Å². The molecule has 0 spiro atoms. The van der Waals surface area contributed by atoms with Crippen LogP contribution in [0.15, 0.2) is 53.5 Å². The Hall–Kier alpha value is -3.19. The van der Waals surface area contributed by atoms with Crippen LogP contribution in [0.1, 0.15) is 35.9 Å². The van der Waals surface area contributed by atoms with E-state index in [0.29, 0.717) is 40.2 Å². The lowest BCUT2D eigenvalue weighted by Gasteiger charge is -2.22. The van der Waals surface area contributed by atoms with Gasteiger partial charge in [0, 0.05) is 25.2 Å². The third kappa shape index (κ3) is 4.68. The average molecular weight is 425 g/mol. The highest BCUT2D eigenvalue weighted by Crippen LogP contribution is 2.35. The number of pyridine rings is 1. The molecule has 2 amide bonds. The fourth-order valence-corrected chi connectivity index (χ4v) is 3.42. The van der Waals surface area contributed by atoms with Crippen molar-refractivity contribution in [2.24, 2.45) is 5.92 Å². The number of carbonyl (C=O) groups is 2. The van der Waals surface area contributed by atoms with E-state index in [9.17, 15) is 9.59 Å². The molecule has 1 saturated carbocycles. The molecule has 0 radical (unpaired) electrons. The number of anilines is 1. The molecule has 1 aliphatic carbocycles. The standard InChI is InChI=1S/C22H21ClN4O3/c1-14(28)27(12-15-2-3-15)21-7-5-16(8-19(21)23)20-6-4-17(9-25-20)22(29)26-11-18-10-24-13-30-18/h4-10,13,15H,2-3,11-12H2,1H3,(H,26,29). The van der Waals surface area contributed by atoms with Crippen LogP contribution in [0, 0.1) is 5.92 Å². The van der Waals surface area contributed by atoms with Crippen molar-refractivity contribution in [3.8, 4) is 11.3 Å². The van der Waals surface area contributed by atoms with E-state index in [1.54, 1.807) is 36.2 Å². The van der Waals surface area contributed by atoms with Crippen molar-refractivity contribution in [1.29, 1.82) is 0 Å². The molecular formula is C22H21ClN4O3. The second-order valence-electron chi connectivity index (χ2n) is 7.32. The molecule has 1 aromatic carbocycles. The van der Waals surface area contributed by atoms with Crippen molar-refractivity contribution in [3.63, 3.8) is 0 Å². The maximum Gasteiger partial charge on any atom is 0.253 e. The van der Waals surface area contributed by atoms with Gasteiger partial charge in [0.25, 0.3) is 5.91 Å². The van der Waals surface area contributed by atoms with Crippen LogP contribution in [0.5, 0.6) is 0 Å². The van der Waals surface area contributed by atoms with Crippen LogP contribution in [0.4, 0.5) is 5.69 Å². The average Bonchev–Trinajstić information content (AvgIpc) is 3.42.